The van der Waals surface area contributed by atoms with Crippen LogP contribution in [0.1, 0.15) is 17.5 Å². The Labute approximate surface area is 168 Å². The Morgan fingerprint density at radius 1 is 1.38 bits per heavy atom. The number of aliphatic imine (C=N–C) groups is 1. The predicted molar refractivity (Wildman–Crippen MR) is 103 cm³/mol. The Morgan fingerprint density at radius 3 is 2.76 bits per heavy atom. The summed E-state index contributed by atoms with van der Waals surface area (Å²) in [5.74, 6) is 0.352. The number of nitrogens with zero attached hydrogens (tertiary/aromatic N) is 2. The number of carbonyl (C=O) groups excluding carboxylic acids is 1. The molecule has 0 aliphatic carbocycles. The van der Waals surface area contributed by atoms with Crippen LogP contribution >= 0.6 is 0 Å². The quantitative estimate of drug-likeness (QED) is 0.524. The van der Waals surface area contributed by atoms with Crippen molar-refractivity contribution in [1.29, 1.82) is 0 Å². The average molecular weight is 416 g/mol. The molecule has 0 saturated carbocycles. The fourth-order valence-corrected chi connectivity index (χ4v) is 2.75. The highest BCUT2D eigenvalue weighted by molar-refractivity contribution is 5.86. The van der Waals surface area contributed by atoms with Gasteiger partial charge < -0.3 is 25.0 Å². The molecule has 1 unspecified atom stereocenters. The largest absolute Gasteiger partial charge is 0.488 e. The van der Waals surface area contributed by atoms with Gasteiger partial charge in [0.15, 0.2) is 5.96 Å². The van der Waals surface area contributed by atoms with Crippen LogP contribution < -0.4 is 15.4 Å². The van der Waals surface area contributed by atoms with Gasteiger partial charge in [-0.1, -0.05) is 12.1 Å². The SMILES string of the molecule is CN=C(NCC(=O)N(C)CC(F)(F)F)NCc1ccc(C)cc1OC1CCOC1. The molecule has 7 nitrogen and oxygen atoms in total. The van der Waals surface area contributed by atoms with E-state index in [9.17, 15) is 18.0 Å². The topological polar surface area (TPSA) is 75.2 Å². The van der Waals surface area contributed by atoms with E-state index in [0.29, 0.717) is 30.6 Å². The lowest BCUT2D eigenvalue weighted by Gasteiger charge is -2.20. The summed E-state index contributed by atoms with van der Waals surface area (Å²) in [6, 6.07) is 5.84. The molecule has 2 rings (SSSR count). The molecule has 1 aliphatic rings. The van der Waals surface area contributed by atoms with Crippen LogP contribution in [0.2, 0.25) is 0 Å². The number of hydrogen-bond donors (Lipinski definition) is 2. The first-order valence-corrected chi connectivity index (χ1v) is 9.27. The van der Waals surface area contributed by atoms with Crippen LogP contribution in [0.3, 0.4) is 0 Å². The minimum Gasteiger partial charge on any atom is -0.488 e. The second kappa shape index (κ2) is 10.3. The van der Waals surface area contributed by atoms with Crippen molar-refractivity contribution in [3.05, 3.63) is 29.3 Å². The van der Waals surface area contributed by atoms with Gasteiger partial charge in [-0.3, -0.25) is 9.79 Å². The number of amides is 1. The molecule has 1 atom stereocenters. The highest BCUT2D eigenvalue weighted by atomic mass is 19.4. The molecule has 1 fully saturated rings. The van der Waals surface area contributed by atoms with Gasteiger partial charge in [0.25, 0.3) is 0 Å². The second-order valence-electron chi connectivity index (χ2n) is 6.86. The molecule has 1 heterocycles. The first-order valence-electron chi connectivity index (χ1n) is 9.27. The smallest absolute Gasteiger partial charge is 0.406 e. The second-order valence-corrected chi connectivity index (χ2v) is 6.86. The molecule has 1 aromatic rings. The van der Waals surface area contributed by atoms with Gasteiger partial charge in [-0.05, 0) is 18.6 Å². The molecule has 0 radical (unpaired) electrons. The van der Waals surface area contributed by atoms with Gasteiger partial charge in [-0.2, -0.15) is 13.2 Å². The van der Waals surface area contributed by atoms with Gasteiger partial charge >= 0.3 is 6.18 Å². The summed E-state index contributed by atoms with van der Waals surface area (Å²) >= 11 is 0. The molecule has 2 N–H and O–H groups in total. The van der Waals surface area contributed by atoms with E-state index in [4.69, 9.17) is 9.47 Å². The first-order chi connectivity index (χ1) is 13.7. The monoisotopic (exact) mass is 416 g/mol. The van der Waals surface area contributed by atoms with Gasteiger partial charge in [0, 0.05) is 32.6 Å². The number of halogens is 3. The van der Waals surface area contributed by atoms with Crippen molar-refractivity contribution in [3.63, 3.8) is 0 Å². The number of benzene rings is 1. The van der Waals surface area contributed by atoms with E-state index in [2.05, 4.69) is 15.6 Å². The van der Waals surface area contributed by atoms with Gasteiger partial charge in [-0.15, -0.1) is 0 Å². The molecule has 1 aliphatic heterocycles. The minimum atomic E-state index is -4.43. The van der Waals surface area contributed by atoms with Crippen LogP contribution in [0, 0.1) is 6.92 Å². The number of nitrogens with one attached hydrogen (secondary N) is 2. The van der Waals surface area contributed by atoms with Crippen LogP contribution in [0.4, 0.5) is 13.2 Å². The maximum absolute atomic E-state index is 12.4. The molecule has 0 spiro atoms. The van der Waals surface area contributed by atoms with Crippen LogP contribution in [0.15, 0.2) is 23.2 Å². The predicted octanol–water partition coefficient (Wildman–Crippen LogP) is 1.85. The Balaban J connectivity index is 1.89. The normalized spacial score (nSPS) is 17.2. The van der Waals surface area contributed by atoms with Crippen LogP contribution in [-0.2, 0) is 16.1 Å². The molecular weight excluding hydrogens is 389 g/mol. The summed E-state index contributed by atoms with van der Waals surface area (Å²) in [6.45, 7) is 1.97. The third kappa shape index (κ3) is 7.80. The summed E-state index contributed by atoms with van der Waals surface area (Å²) in [5, 5.41) is 5.78. The van der Waals surface area contributed by atoms with Gasteiger partial charge in [0.1, 0.15) is 18.4 Å². The Hall–Kier alpha value is -2.49. The van der Waals surface area contributed by atoms with Crippen molar-refractivity contribution in [1.82, 2.24) is 15.5 Å². The van der Waals surface area contributed by atoms with E-state index in [0.717, 1.165) is 30.3 Å². The van der Waals surface area contributed by atoms with E-state index in [1.165, 1.54) is 7.05 Å². The van der Waals surface area contributed by atoms with E-state index >= 15 is 0 Å². The Kier molecular flexibility index (Phi) is 8.12. The third-order valence-electron chi connectivity index (χ3n) is 4.32. The number of hydrogen-bond acceptors (Lipinski definition) is 4. The Morgan fingerprint density at radius 2 is 2.14 bits per heavy atom. The van der Waals surface area contributed by atoms with E-state index in [1.54, 1.807) is 0 Å². The fourth-order valence-electron chi connectivity index (χ4n) is 2.75. The Bertz CT molecular complexity index is 719. The number of guanidine groups is 1. The number of ether oxygens (including phenoxy) is 2. The molecule has 0 bridgehead atoms. The molecule has 162 valence electrons. The molecular formula is C19H27F3N4O3. The van der Waals surface area contributed by atoms with Crippen molar-refractivity contribution >= 4 is 11.9 Å². The van der Waals surface area contributed by atoms with E-state index < -0.39 is 18.6 Å². The average Bonchev–Trinajstić information content (AvgIpc) is 3.14. The standard InChI is InChI=1S/C19H27F3N4O3/c1-13-4-5-14(16(8-13)29-15-6-7-28-11-15)9-24-18(23-2)25-10-17(27)26(3)12-19(20,21)22/h4-5,8,15H,6-7,9-12H2,1-3H3,(H2,23,24,25). The van der Waals surface area contributed by atoms with Gasteiger partial charge in [-0.25, -0.2) is 0 Å². The molecule has 10 heteroatoms. The number of aryl methyl sites for hydroxylation is 1. The van der Waals surface area contributed by atoms with Crippen molar-refractivity contribution < 1.29 is 27.4 Å². The molecule has 1 aromatic carbocycles. The zero-order valence-corrected chi connectivity index (χ0v) is 16.8. The van der Waals surface area contributed by atoms with Crippen LogP contribution in [0.25, 0.3) is 0 Å². The first kappa shape index (κ1) is 22.8. The number of rotatable bonds is 7. The lowest BCUT2D eigenvalue weighted by atomic mass is 10.1. The summed E-state index contributed by atoms with van der Waals surface area (Å²) in [4.78, 5) is 16.5. The lowest BCUT2D eigenvalue weighted by Crippen LogP contribution is -2.45. The molecule has 29 heavy (non-hydrogen) atoms. The highest BCUT2D eigenvalue weighted by Crippen LogP contribution is 2.23. The van der Waals surface area contributed by atoms with Crippen molar-refractivity contribution in [2.45, 2.75) is 32.2 Å². The van der Waals surface area contributed by atoms with E-state index in [-0.39, 0.29) is 12.6 Å². The van der Waals surface area contributed by atoms with Crippen LogP contribution in [0.5, 0.6) is 5.75 Å². The van der Waals surface area contributed by atoms with Crippen molar-refractivity contribution in [2.24, 2.45) is 4.99 Å². The summed E-state index contributed by atoms with van der Waals surface area (Å²) < 4.78 is 48.5. The molecule has 0 aromatic heterocycles. The summed E-state index contributed by atoms with van der Waals surface area (Å²) in [7, 11) is 2.62. The molecule has 1 saturated heterocycles. The summed E-state index contributed by atoms with van der Waals surface area (Å²) in [6.07, 6.45) is -3.59. The molecule has 1 amide bonds. The van der Waals surface area contributed by atoms with Crippen molar-refractivity contribution in [2.75, 3.05) is 40.4 Å². The third-order valence-corrected chi connectivity index (χ3v) is 4.32. The van der Waals surface area contributed by atoms with E-state index in [1.807, 2.05) is 25.1 Å². The van der Waals surface area contributed by atoms with Crippen LogP contribution in [-0.4, -0.2) is 69.4 Å². The maximum Gasteiger partial charge on any atom is 0.406 e. The fraction of sp³-hybridized carbons (Fsp3) is 0.579. The zero-order valence-electron chi connectivity index (χ0n) is 16.8. The van der Waals surface area contributed by atoms with Crippen molar-refractivity contribution in [3.8, 4) is 5.75 Å². The maximum atomic E-state index is 12.4. The highest BCUT2D eigenvalue weighted by Gasteiger charge is 2.31. The zero-order chi connectivity index (χ0) is 21.4. The van der Waals surface area contributed by atoms with Gasteiger partial charge in [0.2, 0.25) is 5.91 Å². The lowest BCUT2D eigenvalue weighted by molar-refractivity contribution is -0.157. The van der Waals surface area contributed by atoms with Gasteiger partial charge in [0.05, 0.1) is 19.8 Å². The number of alkyl halides is 3. The number of likely N-dealkylation sites (N-methyl/N-ethyl adjacent to an activating group) is 1. The summed E-state index contributed by atoms with van der Waals surface area (Å²) in [5.41, 5.74) is 1.95. The number of carbonyl (C=O) groups is 1. The minimum absolute atomic E-state index is 0.00905.